The Kier molecular flexibility index (Phi) is 6.28. The predicted molar refractivity (Wildman–Crippen MR) is 103 cm³/mol. The van der Waals surface area contributed by atoms with Crippen molar-refractivity contribution in [2.24, 2.45) is 0 Å². The number of nitrogens with zero attached hydrogens (tertiary/aromatic N) is 3. The van der Waals surface area contributed by atoms with Gasteiger partial charge in [0.2, 0.25) is 15.9 Å². The summed E-state index contributed by atoms with van der Waals surface area (Å²) in [5, 5.41) is 2.89. The van der Waals surface area contributed by atoms with Crippen molar-refractivity contribution in [3.05, 3.63) is 54.1 Å². The van der Waals surface area contributed by atoms with Gasteiger partial charge in [-0.1, -0.05) is 31.2 Å². The van der Waals surface area contributed by atoms with Gasteiger partial charge in [-0.2, -0.15) is 4.31 Å². The molecular formula is C19H26N4O3S. The number of hydrogen-bond donors (Lipinski definition) is 1. The smallest absolute Gasteiger partial charge is 0.238 e. The monoisotopic (exact) mass is 390 g/mol. The van der Waals surface area contributed by atoms with Gasteiger partial charge in [0.1, 0.15) is 6.04 Å². The fraction of sp³-hybridized carbons (Fsp3) is 0.474. The molecule has 0 radical (unpaired) electrons. The van der Waals surface area contributed by atoms with Crippen molar-refractivity contribution >= 4 is 15.9 Å². The second kappa shape index (κ2) is 8.67. The Bertz CT molecular complexity index is 848. The maximum atomic E-state index is 12.5. The van der Waals surface area contributed by atoms with Crippen LogP contribution in [-0.4, -0.2) is 46.5 Å². The Labute approximate surface area is 160 Å². The lowest BCUT2D eigenvalue weighted by atomic mass is 10.1. The van der Waals surface area contributed by atoms with Crippen LogP contribution in [0.25, 0.3) is 0 Å². The lowest BCUT2D eigenvalue weighted by molar-refractivity contribution is -0.124. The fourth-order valence-corrected chi connectivity index (χ4v) is 5.12. The van der Waals surface area contributed by atoms with Gasteiger partial charge >= 0.3 is 0 Å². The first-order valence-electron chi connectivity index (χ1n) is 9.30. The summed E-state index contributed by atoms with van der Waals surface area (Å²) in [6.07, 6.45) is 7.29. The first-order valence-corrected chi connectivity index (χ1v) is 10.9. The number of carbonyl (C=O) groups is 1. The lowest BCUT2D eigenvalue weighted by Gasteiger charge is -2.23. The van der Waals surface area contributed by atoms with E-state index in [2.05, 4.69) is 10.3 Å². The number of benzene rings is 1. The summed E-state index contributed by atoms with van der Waals surface area (Å²) >= 11 is 0. The van der Waals surface area contributed by atoms with Crippen molar-refractivity contribution in [3.8, 4) is 0 Å². The molecule has 1 fully saturated rings. The van der Waals surface area contributed by atoms with E-state index >= 15 is 0 Å². The molecule has 0 bridgehead atoms. The molecular weight excluding hydrogens is 364 g/mol. The van der Waals surface area contributed by atoms with Crippen LogP contribution in [0.4, 0.5) is 0 Å². The molecule has 1 atom stereocenters. The quantitative estimate of drug-likeness (QED) is 0.744. The topological polar surface area (TPSA) is 84.3 Å². The maximum Gasteiger partial charge on any atom is 0.238 e. The number of sulfonamides is 1. The number of carbonyl (C=O) groups excluding carboxylic acids is 1. The Morgan fingerprint density at radius 3 is 2.67 bits per heavy atom. The SMILES string of the molecule is CCCS(=O)(=O)N1CCCC1C(=O)NCc1ccc(Cn2ccnc2)cc1. The molecule has 7 nitrogen and oxygen atoms in total. The lowest BCUT2D eigenvalue weighted by Crippen LogP contribution is -2.46. The second-order valence-corrected chi connectivity index (χ2v) is 8.90. The van der Waals surface area contributed by atoms with Crippen molar-refractivity contribution in [2.45, 2.75) is 45.3 Å². The molecule has 1 aromatic heterocycles. The zero-order chi connectivity index (χ0) is 19.3. The highest BCUT2D eigenvalue weighted by molar-refractivity contribution is 7.89. The van der Waals surface area contributed by atoms with Gasteiger partial charge in [0.15, 0.2) is 0 Å². The highest BCUT2D eigenvalue weighted by atomic mass is 32.2. The molecule has 1 aliphatic heterocycles. The molecule has 8 heteroatoms. The number of imidazole rings is 1. The molecule has 3 rings (SSSR count). The van der Waals surface area contributed by atoms with Crippen molar-refractivity contribution in [1.29, 1.82) is 0 Å². The van der Waals surface area contributed by atoms with Crippen LogP contribution in [0, 0.1) is 0 Å². The zero-order valence-corrected chi connectivity index (χ0v) is 16.4. The van der Waals surface area contributed by atoms with E-state index in [4.69, 9.17) is 0 Å². The van der Waals surface area contributed by atoms with Crippen LogP contribution in [-0.2, 0) is 27.9 Å². The van der Waals surface area contributed by atoms with Crippen LogP contribution < -0.4 is 5.32 Å². The second-order valence-electron chi connectivity index (χ2n) is 6.85. The molecule has 1 unspecified atom stereocenters. The third-order valence-corrected chi connectivity index (χ3v) is 6.82. The number of rotatable bonds is 8. The molecule has 1 N–H and O–H groups in total. The van der Waals surface area contributed by atoms with Gasteiger partial charge in [-0.05, 0) is 30.4 Å². The Hall–Kier alpha value is -2.19. The highest BCUT2D eigenvalue weighted by Crippen LogP contribution is 2.22. The molecule has 2 heterocycles. The van der Waals surface area contributed by atoms with Gasteiger partial charge in [0, 0.05) is 32.0 Å². The van der Waals surface area contributed by atoms with E-state index < -0.39 is 16.1 Å². The standard InChI is InChI=1S/C19H26N4O3S/c1-2-12-27(25,26)23-10-3-4-18(23)19(24)21-13-16-5-7-17(8-6-16)14-22-11-9-20-15-22/h5-9,11,15,18H,2-4,10,12-14H2,1H3,(H,21,24). The van der Waals surface area contributed by atoms with Crippen LogP contribution >= 0.6 is 0 Å². The van der Waals surface area contributed by atoms with Gasteiger partial charge in [-0.25, -0.2) is 13.4 Å². The van der Waals surface area contributed by atoms with Crippen molar-refractivity contribution in [2.75, 3.05) is 12.3 Å². The van der Waals surface area contributed by atoms with Crippen LogP contribution in [0.15, 0.2) is 43.0 Å². The minimum absolute atomic E-state index is 0.0924. The van der Waals surface area contributed by atoms with Crippen LogP contribution in [0.3, 0.4) is 0 Å². The van der Waals surface area contributed by atoms with Crippen molar-refractivity contribution < 1.29 is 13.2 Å². The molecule has 0 aliphatic carbocycles. The molecule has 27 heavy (non-hydrogen) atoms. The average molecular weight is 391 g/mol. The van der Waals surface area contributed by atoms with E-state index in [9.17, 15) is 13.2 Å². The number of amides is 1. The van der Waals surface area contributed by atoms with E-state index in [0.29, 0.717) is 25.9 Å². The fourth-order valence-electron chi connectivity index (χ4n) is 3.37. The van der Waals surface area contributed by atoms with Gasteiger partial charge in [0.25, 0.3) is 0 Å². The Balaban J connectivity index is 1.55. The van der Waals surface area contributed by atoms with E-state index in [1.807, 2.05) is 42.0 Å². The number of nitrogens with one attached hydrogen (secondary N) is 1. The van der Waals surface area contributed by atoms with E-state index in [0.717, 1.165) is 24.1 Å². The molecule has 1 aromatic carbocycles. The normalized spacial score (nSPS) is 17.9. The van der Waals surface area contributed by atoms with Gasteiger partial charge in [-0.15, -0.1) is 0 Å². The van der Waals surface area contributed by atoms with E-state index in [1.165, 1.54) is 4.31 Å². The maximum absolute atomic E-state index is 12.5. The number of aromatic nitrogens is 2. The Morgan fingerprint density at radius 1 is 1.26 bits per heavy atom. The van der Waals surface area contributed by atoms with Crippen LogP contribution in [0.2, 0.25) is 0 Å². The van der Waals surface area contributed by atoms with Crippen molar-refractivity contribution in [3.63, 3.8) is 0 Å². The third-order valence-electron chi connectivity index (χ3n) is 4.74. The predicted octanol–water partition coefficient (Wildman–Crippen LogP) is 1.75. The number of hydrogen-bond acceptors (Lipinski definition) is 4. The molecule has 1 amide bonds. The minimum Gasteiger partial charge on any atom is -0.351 e. The van der Waals surface area contributed by atoms with E-state index in [1.54, 1.807) is 12.5 Å². The summed E-state index contributed by atoms with van der Waals surface area (Å²) in [6, 6.07) is 7.42. The summed E-state index contributed by atoms with van der Waals surface area (Å²) in [5.41, 5.74) is 2.13. The van der Waals surface area contributed by atoms with E-state index in [-0.39, 0.29) is 11.7 Å². The largest absolute Gasteiger partial charge is 0.351 e. The summed E-state index contributed by atoms with van der Waals surface area (Å²) in [5.74, 6) is -0.121. The average Bonchev–Trinajstić information content (AvgIpc) is 3.33. The summed E-state index contributed by atoms with van der Waals surface area (Å²) in [6.45, 7) is 3.41. The summed E-state index contributed by atoms with van der Waals surface area (Å²) in [7, 11) is -3.35. The molecule has 1 aliphatic rings. The first-order chi connectivity index (χ1) is 13.0. The molecule has 146 valence electrons. The van der Waals surface area contributed by atoms with Crippen LogP contribution in [0.5, 0.6) is 0 Å². The summed E-state index contributed by atoms with van der Waals surface area (Å²) in [4.78, 5) is 16.6. The van der Waals surface area contributed by atoms with Gasteiger partial charge < -0.3 is 9.88 Å². The molecule has 2 aromatic rings. The highest BCUT2D eigenvalue weighted by Gasteiger charge is 2.37. The van der Waals surface area contributed by atoms with Gasteiger partial charge in [0.05, 0.1) is 12.1 Å². The van der Waals surface area contributed by atoms with Crippen LogP contribution in [0.1, 0.15) is 37.3 Å². The zero-order valence-electron chi connectivity index (χ0n) is 15.5. The first kappa shape index (κ1) is 19.6. The van der Waals surface area contributed by atoms with Crippen molar-refractivity contribution in [1.82, 2.24) is 19.2 Å². The minimum atomic E-state index is -3.35. The van der Waals surface area contributed by atoms with Gasteiger partial charge in [-0.3, -0.25) is 4.79 Å². The molecule has 0 spiro atoms. The Morgan fingerprint density at radius 2 is 2.00 bits per heavy atom. The summed E-state index contributed by atoms with van der Waals surface area (Å²) < 4.78 is 28.0. The molecule has 0 saturated carbocycles. The third kappa shape index (κ3) is 4.95. The molecule has 1 saturated heterocycles.